The summed E-state index contributed by atoms with van der Waals surface area (Å²) in [6.07, 6.45) is 12.3. The van der Waals surface area contributed by atoms with Crippen molar-refractivity contribution >= 4 is 0 Å². The van der Waals surface area contributed by atoms with Crippen LogP contribution in [-0.2, 0) is 0 Å². The molecule has 2 aliphatic rings. The SMILES string of the molecule is OC(CC1CCCC1)C1=CCCC1. The number of allylic oxidation sites excluding steroid dienone is 1. The van der Waals surface area contributed by atoms with E-state index < -0.39 is 0 Å². The van der Waals surface area contributed by atoms with Crippen molar-refractivity contribution in [1.82, 2.24) is 0 Å². The van der Waals surface area contributed by atoms with Gasteiger partial charge in [0.1, 0.15) is 0 Å². The van der Waals surface area contributed by atoms with Gasteiger partial charge in [0.15, 0.2) is 0 Å². The van der Waals surface area contributed by atoms with Crippen LogP contribution in [-0.4, -0.2) is 11.2 Å². The molecule has 0 aromatic heterocycles. The van der Waals surface area contributed by atoms with Crippen molar-refractivity contribution in [3.05, 3.63) is 11.6 Å². The standard InChI is InChI=1S/C12H20O/c13-12(11-7-3-4-8-11)9-10-5-1-2-6-10/h7,10,12-13H,1-6,8-9H2. The summed E-state index contributed by atoms with van der Waals surface area (Å²) >= 11 is 0. The molecule has 1 heteroatoms. The van der Waals surface area contributed by atoms with Gasteiger partial charge in [0, 0.05) is 0 Å². The summed E-state index contributed by atoms with van der Waals surface area (Å²) in [6.45, 7) is 0. The van der Waals surface area contributed by atoms with Gasteiger partial charge in [0.2, 0.25) is 0 Å². The average molecular weight is 180 g/mol. The van der Waals surface area contributed by atoms with Crippen LogP contribution in [0.4, 0.5) is 0 Å². The number of aliphatic hydroxyl groups excluding tert-OH is 1. The van der Waals surface area contributed by atoms with E-state index in [2.05, 4.69) is 6.08 Å². The average Bonchev–Trinajstić information content (AvgIpc) is 2.74. The highest BCUT2D eigenvalue weighted by Gasteiger charge is 2.21. The molecule has 1 N–H and O–H groups in total. The van der Waals surface area contributed by atoms with E-state index in [4.69, 9.17) is 0 Å². The van der Waals surface area contributed by atoms with E-state index in [-0.39, 0.29) is 6.10 Å². The van der Waals surface area contributed by atoms with E-state index in [0.29, 0.717) is 0 Å². The molecule has 0 amide bonds. The van der Waals surface area contributed by atoms with Crippen molar-refractivity contribution < 1.29 is 5.11 Å². The molecular formula is C12H20O. The van der Waals surface area contributed by atoms with Crippen LogP contribution in [0.2, 0.25) is 0 Å². The second-order valence-electron chi connectivity index (χ2n) is 4.57. The Morgan fingerprint density at radius 3 is 2.69 bits per heavy atom. The maximum Gasteiger partial charge on any atom is 0.0752 e. The summed E-state index contributed by atoms with van der Waals surface area (Å²) in [6, 6.07) is 0. The molecule has 0 aromatic carbocycles. The van der Waals surface area contributed by atoms with Crippen LogP contribution < -0.4 is 0 Å². The largest absolute Gasteiger partial charge is 0.389 e. The zero-order valence-corrected chi connectivity index (χ0v) is 8.34. The number of hydrogen-bond acceptors (Lipinski definition) is 1. The minimum atomic E-state index is -0.106. The van der Waals surface area contributed by atoms with Gasteiger partial charge >= 0.3 is 0 Å². The molecular weight excluding hydrogens is 160 g/mol. The minimum Gasteiger partial charge on any atom is -0.389 e. The van der Waals surface area contributed by atoms with Gasteiger partial charge < -0.3 is 5.11 Å². The first-order valence-electron chi connectivity index (χ1n) is 5.73. The van der Waals surface area contributed by atoms with Gasteiger partial charge in [-0.3, -0.25) is 0 Å². The molecule has 1 nitrogen and oxygen atoms in total. The van der Waals surface area contributed by atoms with Crippen LogP contribution in [0.3, 0.4) is 0 Å². The molecule has 13 heavy (non-hydrogen) atoms. The lowest BCUT2D eigenvalue weighted by atomic mass is 9.95. The van der Waals surface area contributed by atoms with E-state index in [9.17, 15) is 5.11 Å². The van der Waals surface area contributed by atoms with E-state index in [1.165, 1.54) is 44.1 Å². The van der Waals surface area contributed by atoms with Gasteiger partial charge in [0.25, 0.3) is 0 Å². The predicted octanol–water partition coefficient (Wildman–Crippen LogP) is 3.04. The fourth-order valence-corrected chi connectivity index (χ4v) is 2.71. The van der Waals surface area contributed by atoms with E-state index in [1.807, 2.05) is 0 Å². The Balaban J connectivity index is 1.79. The Hall–Kier alpha value is -0.300. The van der Waals surface area contributed by atoms with Gasteiger partial charge in [0.05, 0.1) is 6.10 Å². The van der Waals surface area contributed by atoms with E-state index in [1.54, 1.807) is 0 Å². The molecule has 1 saturated carbocycles. The summed E-state index contributed by atoms with van der Waals surface area (Å²) in [5, 5.41) is 9.94. The van der Waals surface area contributed by atoms with Crippen molar-refractivity contribution in [2.45, 2.75) is 57.5 Å². The number of rotatable bonds is 3. The Morgan fingerprint density at radius 2 is 2.08 bits per heavy atom. The quantitative estimate of drug-likeness (QED) is 0.662. The lowest BCUT2D eigenvalue weighted by Gasteiger charge is -2.16. The first-order chi connectivity index (χ1) is 6.36. The van der Waals surface area contributed by atoms with Crippen LogP contribution >= 0.6 is 0 Å². The second kappa shape index (κ2) is 4.28. The van der Waals surface area contributed by atoms with Crippen LogP contribution in [0.15, 0.2) is 11.6 Å². The first kappa shape index (κ1) is 9.26. The van der Waals surface area contributed by atoms with Gasteiger partial charge in [-0.05, 0) is 37.2 Å². The Kier molecular flexibility index (Phi) is 3.05. The van der Waals surface area contributed by atoms with Crippen molar-refractivity contribution in [2.75, 3.05) is 0 Å². The molecule has 74 valence electrons. The zero-order chi connectivity index (χ0) is 9.10. The van der Waals surface area contributed by atoms with Gasteiger partial charge in [-0.25, -0.2) is 0 Å². The molecule has 0 bridgehead atoms. The molecule has 0 aliphatic heterocycles. The maximum atomic E-state index is 9.94. The van der Waals surface area contributed by atoms with Crippen LogP contribution in [0.1, 0.15) is 51.4 Å². The van der Waals surface area contributed by atoms with E-state index in [0.717, 1.165) is 18.8 Å². The van der Waals surface area contributed by atoms with Crippen molar-refractivity contribution in [3.63, 3.8) is 0 Å². The van der Waals surface area contributed by atoms with E-state index >= 15 is 0 Å². The van der Waals surface area contributed by atoms with Gasteiger partial charge in [-0.2, -0.15) is 0 Å². The zero-order valence-electron chi connectivity index (χ0n) is 8.34. The molecule has 0 radical (unpaired) electrons. The van der Waals surface area contributed by atoms with Crippen LogP contribution in [0.25, 0.3) is 0 Å². The smallest absolute Gasteiger partial charge is 0.0752 e. The second-order valence-corrected chi connectivity index (χ2v) is 4.57. The lowest BCUT2D eigenvalue weighted by Crippen LogP contribution is -2.13. The maximum absolute atomic E-state index is 9.94. The molecule has 1 unspecified atom stereocenters. The molecule has 2 rings (SSSR count). The minimum absolute atomic E-state index is 0.106. The molecule has 0 spiro atoms. The highest BCUT2D eigenvalue weighted by atomic mass is 16.3. The summed E-state index contributed by atoms with van der Waals surface area (Å²) < 4.78 is 0. The summed E-state index contributed by atoms with van der Waals surface area (Å²) in [5.41, 5.74) is 1.33. The molecule has 2 aliphatic carbocycles. The fraction of sp³-hybridized carbons (Fsp3) is 0.833. The predicted molar refractivity (Wildman–Crippen MR) is 54.5 cm³/mol. The highest BCUT2D eigenvalue weighted by Crippen LogP contribution is 2.32. The number of hydrogen-bond donors (Lipinski definition) is 1. The molecule has 1 atom stereocenters. The normalized spacial score (nSPS) is 26.4. The molecule has 0 saturated heterocycles. The third-order valence-electron chi connectivity index (χ3n) is 3.54. The number of aliphatic hydroxyl groups is 1. The van der Waals surface area contributed by atoms with Crippen LogP contribution in [0, 0.1) is 5.92 Å². The Labute approximate surface area is 80.8 Å². The van der Waals surface area contributed by atoms with Crippen molar-refractivity contribution in [2.24, 2.45) is 5.92 Å². The third kappa shape index (κ3) is 2.34. The van der Waals surface area contributed by atoms with Gasteiger partial charge in [-0.15, -0.1) is 0 Å². The van der Waals surface area contributed by atoms with Crippen molar-refractivity contribution in [3.8, 4) is 0 Å². The monoisotopic (exact) mass is 180 g/mol. The fourth-order valence-electron chi connectivity index (χ4n) is 2.71. The molecule has 0 aromatic rings. The summed E-state index contributed by atoms with van der Waals surface area (Å²) in [4.78, 5) is 0. The lowest BCUT2D eigenvalue weighted by molar-refractivity contribution is 0.174. The first-order valence-corrected chi connectivity index (χ1v) is 5.73. The Bertz CT molecular complexity index is 189. The Morgan fingerprint density at radius 1 is 1.31 bits per heavy atom. The molecule has 1 fully saturated rings. The molecule has 0 heterocycles. The topological polar surface area (TPSA) is 20.2 Å². The van der Waals surface area contributed by atoms with Crippen LogP contribution in [0.5, 0.6) is 0 Å². The highest BCUT2D eigenvalue weighted by molar-refractivity contribution is 5.12. The van der Waals surface area contributed by atoms with Crippen molar-refractivity contribution in [1.29, 1.82) is 0 Å². The summed E-state index contributed by atoms with van der Waals surface area (Å²) in [7, 11) is 0. The third-order valence-corrected chi connectivity index (χ3v) is 3.54. The summed E-state index contributed by atoms with van der Waals surface area (Å²) in [5.74, 6) is 0.816. The van der Waals surface area contributed by atoms with Gasteiger partial charge in [-0.1, -0.05) is 31.8 Å².